The average molecular weight is 335 g/mol. The second kappa shape index (κ2) is 8.62. The molecule has 3 rings (SSSR count). The monoisotopic (exact) mass is 335 g/mol. The molecule has 0 aromatic rings. The first-order chi connectivity index (χ1) is 11.7. The normalized spacial score (nSPS) is 25.9. The van der Waals surface area contributed by atoms with Crippen LogP contribution < -0.4 is 10.6 Å². The van der Waals surface area contributed by atoms with Gasteiger partial charge in [-0.05, 0) is 31.7 Å². The Morgan fingerprint density at radius 2 is 2.12 bits per heavy atom. The molecule has 134 valence electrons. The van der Waals surface area contributed by atoms with Crippen LogP contribution in [0, 0.1) is 5.92 Å². The molecule has 24 heavy (non-hydrogen) atoms. The Morgan fingerprint density at radius 1 is 1.29 bits per heavy atom. The van der Waals surface area contributed by atoms with Gasteiger partial charge in [0.2, 0.25) is 0 Å². The molecule has 1 unspecified atom stereocenters. The maximum atomic E-state index is 12.4. The van der Waals surface area contributed by atoms with Gasteiger partial charge >= 0.3 is 11.8 Å². The van der Waals surface area contributed by atoms with Gasteiger partial charge in [0.25, 0.3) is 0 Å². The Kier molecular flexibility index (Phi) is 6.26. The lowest BCUT2D eigenvalue weighted by Gasteiger charge is -2.38. The summed E-state index contributed by atoms with van der Waals surface area (Å²) in [6.45, 7) is 3.86. The van der Waals surface area contributed by atoms with Crippen LogP contribution in [0.5, 0.6) is 0 Å². The summed E-state index contributed by atoms with van der Waals surface area (Å²) in [6.07, 6.45) is 9.29. The van der Waals surface area contributed by atoms with Gasteiger partial charge in [-0.1, -0.05) is 30.9 Å². The standard InChI is InChI=1S/C18H29N3O3/c22-17(20-12-14-6-8-19-9-7-14)18(23)21-10-11-24-16(13-21)15-4-2-1-3-5-15/h6,15-16,19H,1-5,7-13H2,(H,20,22). The highest BCUT2D eigenvalue weighted by Gasteiger charge is 2.33. The van der Waals surface area contributed by atoms with Crippen molar-refractivity contribution in [2.75, 3.05) is 39.3 Å². The highest BCUT2D eigenvalue weighted by Crippen LogP contribution is 2.29. The molecule has 6 heteroatoms. The van der Waals surface area contributed by atoms with Crippen LogP contribution in [-0.2, 0) is 14.3 Å². The molecule has 1 atom stereocenters. The van der Waals surface area contributed by atoms with Crippen LogP contribution in [0.25, 0.3) is 0 Å². The first kappa shape index (κ1) is 17.4. The van der Waals surface area contributed by atoms with Gasteiger partial charge in [-0.25, -0.2) is 0 Å². The molecule has 0 bridgehead atoms. The van der Waals surface area contributed by atoms with E-state index in [0.717, 1.165) is 19.5 Å². The SMILES string of the molecule is O=C(NCC1=CCNCC1)C(=O)N1CCOC(C2CCCCC2)C1. The van der Waals surface area contributed by atoms with Crippen LogP contribution >= 0.6 is 0 Å². The van der Waals surface area contributed by atoms with Crippen molar-refractivity contribution in [1.82, 2.24) is 15.5 Å². The molecule has 6 nitrogen and oxygen atoms in total. The molecule has 3 aliphatic rings. The van der Waals surface area contributed by atoms with Crippen molar-refractivity contribution < 1.29 is 14.3 Å². The third-order valence-corrected chi connectivity index (χ3v) is 5.38. The van der Waals surface area contributed by atoms with Crippen molar-refractivity contribution in [3.63, 3.8) is 0 Å². The van der Waals surface area contributed by atoms with Crippen LogP contribution in [0.3, 0.4) is 0 Å². The minimum absolute atomic E-state index is 0.0999. The fraction of sp³-hybridized carbons (Fsp3) is 0.778. The van der Waals surface area contributed by atoms with Gasteiger partial charge in [-0.3, -0.25) is 9.59 Å². The zero-order valence-electron chi connectivity index (χ0n) is 14.4. The number of nitrogens with zero attached hydrogens (tertiary/aromatic N) is 1. The molecule has 2 amide bonds. The number of carbonyl (C=O) groups excluding carboxylic acids is 2. The third-order valence-electron chi connectivity index (χ3n) is 5.38. The topological polar surface area (TPSA) is 70.7 Å². The summed E-state index contributed by atoms with van der Waals surface area (Å²) in [7, 11) is 0. The number of nitrogens with one attached hydrogen (secondary N) is 2. The molecule has 2 heterocycles. The van der Waals surface area contributed by atoms with Gasteiger partial charge in [0.05, 0.1) is 12.7 Å². The molecule has 1 saturated heterocycles. The van der Waals surface area contributed by atoms with Crippen molar-refractivity contribution in [3.05, 3.63) is 11.6 Å². The van der Waals surface area contributed by atoms with Crippen LogP contribution in [-0.4, -0.2) is 62.1 Å². The fourth-order valence-electron chi connectivity index (χ4n) is 3.89. The molecule has 2 N–H and O–H groups in total. The predicted molar refractivity (Wildman–Crippen MR) is 91.5 cm³/mol. The molecule has 0 aromatic carbocycles. The Bertz CT molecular complexity index is 486. The van der Waals surface area contributed by atoms with Crippen molar-refractivity contribution in [2.45, 2.75) is 44.6 Å². The molecule has 0 aromatic heterocycles. The molecule has 2 fully saturated rings. The highest BCUT2D eigenvalue weighted by molar-refractivity contribution is 6.35. The minimum atomic E-state index is -0.487. The lowest BCUT2D eigenvalue weighted by Crippen LogP contribution is -2.52. The molecule has 1 aliphatic carbocycles. The molecule has 0 spiro atoms. The number of ether oxygens (including phenoxy) is 1. The van der Waals surface area contributed by atoms with E-state index < -0.39 is 11.8 Å². The maximum Gasteiger partial charge on any atom is 0.312 e. The van der Waals surface area contributed by atoms with E-state index in [2.05, 4.69) is 16.7 Å². The Labute approximate surface area is 144 Å². The van der Waals surface area contributed by atoms with Crippen molar-refractivity contribution >= 4 is 11.8 Å². The number of carbonyl (C=O) groups is 2. The summed E-state index contributed by atoms with van der Waals surface area (Å²) in [5.41, 5.74) is 1.19. The second-order valence-electron chi connectivity index (χ2n) is 7.06. The number of morpholine rings is 1. The summed E-state index contributed by atoms with van der Waals surface area (Å²) in [6, 6.07) is 0. The van der Waals surface area contributed by atoms with Gasteiger partial charge in [-0.2, -0.15) is 0 Å². The Hall–Kier alpha value is -1.40. The quantitative estimate of drug-likeness (QED) is 0.592. The average Bonchev–Trinajstić information content (AvgIpc) is 2.67. The summed E-state index contributed by atoms with van der Waals surface area (Å²) in [5.74, 6) is -0.357. The smallest absolute Gasteiger partial charge is 0.312 e. The molecule has 2 aliphatic heterocycles. The predicted octanol–water partition coefficient (Wildman–Crippen LogP) is 0.830. The summed E-state index contributed by atoms with van der Waals surface area (Å²) in [5, 5.41) is 6.01. The summed E-state index contributed by atoms with van der Waals surface area (Å²) >= 11 is 0. The van der Waals surface area contributed by atoms with Gasteiger partial charge in [-0.15, -0.1) is 0 Å². The summed E-state index contributed by atoms with van der Waals surface area (Å²) in [4.78, 5) is 26.3. The van der Waals surface area contributed by atoms with Gasteiger partial charge < -0.3 is 20.3 Å². The number of hydrogen-bond donors (Lipinski definition) is 2. The molecule has 1 saturated carbocycles. The summed E-state index contributed by atoms with van der Waals surface area (Å²) < 4.78 is 5.89. The molecule has 0 radical (unpaired) electrons. The number of hydrogen-bond acceptors (Lipinski definition) is 4. The maximum absolute atomic E-state index is 12.4. The van der Waals surface area contributed by atoms with Crippen LogP contribution in [0.2, 0.25) is 0 Å². The third kappa shape index (κ3) is 4.57. The van der Waals surface area contributed by atoms with E-state index in [1.54, 1.807) is 4.90 Å². The van der Waals surface area contributed by atoms with E-state index in [1.165, 1.54) is 37.7 Å². The van der Waals surface area contributed by atoms with Gasteiger partial charge in [0.15, 0.2) is 0 Å². The van der Waals surface area contributed by atoms with Crippen LogP contribution in [0.4, 0.5) is 0 Å². The Balaban J connectivity index is 1.47. The lowest BCUT2D eigenvalue weighted by atomic mass is 9.84. The van der Waals surface area contributed by atoms with E-state index in [-0.39, 0.29) is 6.10 Å². The first-order valence-electron chi connectivity index (χ1n) is 9.31. The van der Waals surface area contributed by atoms with E-state index in [9.17, 15) is 9.59 Å². The van der Waals surface area contributed by atoms with Gasteiger partial charge in [0.1, 0.15) is 0 Å². The number of rotatable bonds is 3. The largest absolute Gasteiger partial charge is 0.374 e. The van der Waals surface area contributed by atoms with E-state index in [0.29, 0.717) is 32.2 Å². The van der Waals surface area contributed by atoms with Crippen LogP contribution in [0.1, 0.15) is 38.5 Å². The minimum Gasteiger partial charge on any atom is -0.374 e. The molecular formula is C18H29N3O3. The van der Waals surface area contributed by atoms with Crippen molar-refractivity contribution in [2.24, 2.45) is 5.92 Å². The van der Waals surface area contributed by atoms with Crippen molar-refractivity contribution in [1.29, 1.82) is 0 Å². The first-order valence-corrected chi connectivity index (χ1v) is 9.31. The second-order valence-corrected chi connectivity index (χ2v) is 7.06. The van der Waals surface area contributed by atoms with Crippen molar-refractivity contribution in [3.8, 4) is 0 Å². The van der Waals surface area contributed by atoms with Crippen LogP contribution in [0.15, 0.2) is 11.6 Å². The fourth-order valence-corrected chi connectivity index (χ4v) is 3.89. The van der Waals surface area contributed by atoms with E-state index in [1.807, 2.05) is 0 Å². The van der Waals surface area contributed by atoms with E-state index >= 15 is 0 Å². The van der Waals surface area contributed by atoms with E-state index in [4.69, 9.17) is 4.74 Å². The van der Waals surface area contributed by atoms with Gasteiger partial charge in [0, 0.05) is 26.2 Å². The number of amides is 2. The Morgan fingerprint density at radius 3 is 2.88 bits per heavy atom. The lowest BCUT2D eigenvalue weighted by molar-refractivity contribution is -0.152. The molecular weight excluding hydrogens is 306 g/mol. The zero-order valence-corrected chi connectivity index (χ0v) is 14.4. The highest BCUT2D eigenvalue weighted by atomic mass is 16.5. The zero-order chi connectivity index (χ0) is 16.8.